The lowest BCUT2D eigenvalue weighted by atomic mass is 10.1. The number of imide groups is 1. The van der Waals surface area contributed by atoms with Crippen molar-refractivity contribution in [1.82, 2.24) is 10.2 Å². The molecule has 1 fully saturated rings. The number of rotatable bonds is 9. The molecule has 3 aromatic rings. The zero-order valence-electron chi connectivity index (χ0n) is 20.2. The van der Waals surface area contributed by atoms with Gasteiger partial charge in [-0.25, -0.2) is 14.1 Å². The lowest BCUT2D eigenvalue weighted by Gasteiger charge is -2.14. The van der Waals surface area contributed by atoms with Crippen LogP contribution in [0.4, 0.5) is 20.6 Å². The summed E-state index contributed by atoms with van der Waals surface area (Å²) in [6.45, 7) is -0.981. The number of amides is 5. The lowest BCUT2D eigenvalue weighted by molar-refractivity contribution is -0.127. The quantitative estimate of drug-likeness (QED) is 0.295. The van der Waals surface area contributed by atoms with Crippen molar-refractivity contribution >= 4 is 41.2 Å². The number of nitrogens with one attached hydrogen (secondary N) is 3. The number of carbonyl (C=O) groups excluding carboxylic acids is 4. The Morgan fingerprint density at radius 3 is 2.42 bits per heavy atom. The van der Waals surface area contributed by atoms with Gasteiger partial charge in [0.25, 0.3) is 11.8 Å². The highest BCUT2D eigenvalue weighted by molar-refractivity contribution is 6.16. The van der Waals surface area contributed by atoms with E-state index in [0.717, 1.165) is 0 Å². The number of methoxy groups -OCH3 is 1. The minimum Gasteiger partial charge on any atom is -0.493 e. The fourth-order valence-electron chi connectivity index (χ4n) is 3.58. The summed E-state index contributed by atoms with van der Waals surface area (Å²) < 4.78 is 24.9. The topological polar surface area (TPSA) is 126 Å². The molecule has 0 unspecified atom stereocenters. The molecule has 4 rings (SSSR count). The van der Waals surface area contributed by atoms with Crippen molar-refractivity contribution in [2.24, 2.45) is 0 Å². The minimum atomic E-state index is -0.822. The molecular formula is C27H23FN4O6. The summed E-state index contributed by atoms with van der Waals surface area (Å²) in [5.74, 6) is -2.13. The molecule has 1 aliphatic rings. The Kier molecular flexibility index (Phi) is 7.97. The zero-order chi connectivity index (χ0) is 27.1. The molecule has 0 bridgehead atoms. The summed E-state index contributed by atoms with van der Waals surface area (Å²) in [5, 5.41) is 7.44. The van der Waals surface area contributed by atoms with Crippen LogP contribution < -0.4 is 25.4 Å². The van der Waals surface area contributed by atoms with Crippen LogP contribution in [0.2, 0.25) is 0 Å². The van der Waals surface area contributed by atoms with Crippen molar-refractivity contribution < 1.29 is 33.0 Å². The summed E-state index contributed by atoms with van der Waals surface area (Å²) in [7, 11) is 1.42. The number of urea groups is 1. The van der Waals surface area contributed by atoms with Crippen LogP contribution in [0.25, 0.3) is 6.08 Å². The van der Waals surface area contributed by atoms with Gasteiger partial charge in [0.1, 0.15) is 18.1 Å². The fraction of sp³-hybridized carbons (Fsp3) is 0.111. The van der Waals surface area contributed by atoms with E-state index >= 15 is 0 Å². The van der Waals surface area contributed by atoms with Crippen LogP contribution in [-0.2, 0) is 14.4 Å². The number of halogens is 1. The summed E-state index contributed by atoms with van der Waals surface area (Å²) >= 11 is 0. The highest BCUT2D eigenvalue weighted by atomic mass is 19.1. The first-order valence-electron chi connectivity index (χ1n) is 11.4. The van der Waals surface area contributed by atoms with Crippen LogP contribution in [0.3, 0.4) is 0 Å². The third-order valence-corrected chi connectivity index (χ3v) is 5.35. The van der Waals surface area contributed by atoms with Gasteiger partial charge in [-0.2, -0.15) is 0 Å². The van der Waals surface area contributed by atoms with E-state index in [1.807, 2.05) is 6.07 Å². The van der Waals surface area contributed by atoms with Crippen LogP contribution >= 0.6 is 0 Å². The second-order valence-corrected chi connectivity index (χ2v) is 7.99. The lowest BCUT2D eigenvalue weighted by Crippen LogP contribution is -2.38. The summed E-state index contributed by atoms with van der Waals surface area (Å²) in [4.78, 5) is 50.7. The van der Waals surface area contributed by atoms with Crippen LogP contribution in [0.1, 0.15) is 5.56 Å². The Morgan fingerprint density at radius 1 is 0.947 bits per heavy atom. The molecule has 0 saturated carbocycles. The Bertz CT molecular complexity index is 1410. The number of hydrogen-bond donors (Lipinski definition) is 3. The van der Waals surface area contributed by atoms with Crippen molar-refractivity contribution in [3.63, 3.8) is 0 Å². The van der Waals surface area contributed by atoms with Crippen LogP contribution in [0.5, 0.6) is 11.5 Å². The van der Waals surface area contributed by atoms with E-state index in [9.17, 15) is 23.6 Å². The van der Waals surface area contributed by atoms with Gasteiger partial charge in [0, 0.05) is 11.3 Å². The van der Waals surface area contributed by atoms with Crippen LogP contribution in [0, 0.1) is 5.82 Å². The molecule has 11 heteroatoms. The molecule has 0 aliphatic carbocycles. The van der Waals surface area contributed by atoms with Crippen LogP contribution in [-0.4, -0.2) is 48.9 Å². The van der Waals surface area contributed by atoms with E-state index in [4.69, 9.17) is 9.47 Å². The second-order valence-electron chi connectivity index (χ2n) is 7.99. The van der Waals surface area contributed by atoms with Crippen molar-refractivity contribution in [2.75, 3.05) is 30.9 Å². The molecular weight excluding hydrogens is 495 g/mol. The number of hydrogen-bond acceptors (Lipinski definition) is 6. The van der Waals surface area contributed by atoms with E-state index in [2.05, 4.69) is 16.0 Å². The summed E-state index contributed by atoms with van der Waals surface area (Å²) in [6.07, 6.45) is 1.35. The molecule has 3 aromatic carbocycles. The van der Waals surface area contributed by atoms with Gasteiger partial charge in [0.05, 0.1) is 12.8 Å². The average Bonchev–Trinajstić information content (AvgIpc) is 3.16. The van der Waals surface area contributed by atoms with Crippen molar-refractivity contribution in [3.05, 3.63) is 89.9 Å². The average molecular weight is 519 g/mol. The highest BCUT2D eigenvalue weighted by Gasteiger charge is 2.35. The largest absolute Gasteiger partial charge is 0.493 e. The Hall–Kier alpha value is -5.19. The fourth-order valence-corrected chi connectivity index (χ4v) is 3.58. The molecule has 0 radical (unpaired) electrons. The van der Waals surface area contributed by atoms with Crippen molar-refractivity contribution in [3.8, 4) is 11.5 Å². The summed E-state index contributed by atoms with van der Waals surface area (Å²) in [5.41, 5.74) is 0.746. The number of anilines is 2. The van der Waals surface area contributed by atoms with Crippen LogP contribution in [0.15, 0.2) is 78.5 Å². The SMILES string of the molecule is COc1cccc(/C=C2/NC(=O)N(CC(=O)Nc3ccccc3F)C2=O)c1OCC(=O)Nc1ccccc1. The Balaban J connectivity index is 1.47. The van der Waals surface area contributed by atoms with Gasteiger partial charge in [-0.15, -0.1) is 0 Å². The van der Waals surface area contributed by atoms with Gasteiger partial charge in [0.15, 0.2) is 18.1 Å². The van der Waals surface area contributed by atoms with Gasteiger partial charge < -0.3 is 25.4 Å². The first kappa shape index (κ1) is 25.9. The molecule has 0 aromatic heterocycles. The van der Waals surface area contributed by atoms with Gasteiger partial charge in [-0.3, -0.25) is 14.4 Å². The van der Waals surface area contributed by atoms with Crippen molar-refractivity contribution in [1.29, 1.82) is 0 Å². The van der Waals surface area contributed by atoms with E-state index in [-0.39, 0.29) is 23.7 Å². The number of benzene rings is 3. The normalized spacial score (nSPS) is 13.7. The molecule has 1 heterocycles. The van der Waals surface area contributed by atoms with Gasteiger partial charge >= 0.3 is 6.03 Å². The molecule has 10 nitrogen and oxygen atoms in total. The minimum absolute atomic E-state index is 0.0743. The third kappa shape index (κ3) is 6.13. The monoisotopic (exact) mass is 518 g/mol. The Labute approximate surface area is 217 Å². The van der Waals surface area contributed by atoms with Gasteiger partial charge in [-0.05, 0) is 36.4 Å². The van der Waals surface area contributed by atoms with Gasteiger partial charge in [0.2, 0.25) is 5.91 Å². The van der Waals surface area contributed by atoms with E-state index in [0.29, 0.717) is 21.9 Å². The maximum absolute atomic E-state index is 13.8. The first-order valence-corrected chi connectivity index (χ1v) is 11.4. The smallest absolute Gasteiger partial charge is 0.329 e. The second kappa shape index (κ2) is 11.7. The molecule has 1 saturated heterocycles. The predicted molar refractivity (Wildman–Crippen MR) is 137 cm³/mol. The summed E-state index contributed by atoms with van der Waals surface area (Å²) in [6, 6.07) is 18.4. The maximum atomic E-state index is 13.8. The molecule has 0 atom stereocenters. The number of carbonyl (C=O) groups is 4. The molecule has 194 valence electrons. The molecule has 3 N–H and O–H groups in total. The zero-order valence-corrected chi connectivity index (χ0v) is 20.2. The number of nitrogens with zero attached hydrogens (tertiary/aromatic N) is 1. The standard InChI is InChI=1S/C27H23FN4O6/c1-37-22-13-7-8-17(25(22)38-16-24(34)29-18-9-3-2-4-10-18)14-21-26(35)32(27(36)31-21)15-23(33)30-20-12-6-5-11-19(20)28/h2-14H,15-16H2,1H3,(H,29,34)(H,30,33)(H,31,36)/b21-14+. The predicted octanol–water partition coefficient (Wildman–Crippen LogP) is 3.38. The molecule has 5 amide bonds. The number of ether oxygens (including phenoxy) is 2. The third-order valence-electron chi connectivity index (χ3n) is 5.35. The Morgan fingerprint density at radius 2 is 1.68 bits per heavy atom. The van der Waals surface area contributed by atoms with E-state index < -0.39 is 36.1 Å². The number of para-hydroxylation sites is 3. The highest BCUT2D eigenvalue weighted by Crippen LogP contribution is 2.33. The van der Waals surface area contributed by atoms with E-state index in [1.54, 1.807) is 42.5 Å². The van der Waals surface area contributed by atoms with E-state index in [1.165, 1.54) is 37.5 Å². The first-order chi connectivity index (χ1) is 18.4. The molecule has 0 spiro atoms. The molecule has 1 aliphatic heterocycles. The molecule has 38 heavy (non-hydrogen) atoms. The maximum Gasteiger partial charge on any atom is 0.329 e. The van der Waals surface area contributed by atoms with Gasteiger partial charge in [-0.1, -0.05) is 42.5 Å². The van der Waals surface area contributed by atoms with Crippen molar-refractivity contribution in [2.45, 2.75) is 0 Å².